The lowest BCUT2D eigenvalue weighted by Gasteiger charge is -2.17. The Labute approximate surface area is 171 Å². The predicted octanol–water partition coefficient (Wildman–Crippen LogP) is 6.39. The van der Waals surface area contributed by atoms with Crippen LogP contribution in [-0.2, 0) is 0 Å². The fraction of sp³-hybridized carbons (Fsp3) is 0.154. The number of hydrogen-bond acceptors (Lipinski definition) is 2. The van der Waals surface area contributed by atoms with Gasteiger partial charge < -0.3 is 5.32 Å². The van der Waals surface area contributed by atoms with Crippen LogP contribution in [0.5, 0.6) is 0 Å². The average molecular weight is 380 g/mol. The number of aromatic nitrogens is 1. The summed E-state index contributed by atoms with van der Waals surface area (Å²) in [5.41, 5.74) is 8.39. The lowest BCUT2D eigenvalue weighted by atomic mass is 9.94. The number of benzene rings is 3. The van der Waals surface area contributed by atoms with Gasteiger partial charge in [-0.1, -0.05) is 54.1 Å². The number of amides is 1. The number of anilines is 1. The summed E-state index contributed by atoms with van der Waals surface area (Å²) in [7, 11) is 0. The third-order valence-corrected chi connectivity index (χ3v) is 5.22. The van der Waals surface area contributed by atoms with Crippen molar-refractivity contribution in [2.45, 2.75) is 27.7 Å². The molecule has 0 fully saturated rings. The lowest BCUT2D eigenvalue weighted by Crippen LogP contribution is -2.15. The van der Waals surface area contributed by atoms with E-state index in [9.17, 15) is 4.79 Å². The first-order valence-corrected chi connectivity index (χ1v) is 9.79. The molecule has 0 radical (unpaired) electrons. The summed E-state index contributed by atoms with van der Waals surface area (Å²) in [5, 5.41) is 3.98. The monoisotopic (exact) mass is 380 g/mol. The molecule has 1 aromatic heterocycles. The van der Waals surface area contributed by atoms with Crippen LogP contribution in [0, 0.1) is 27.7 Å². The van der Waals surface area contributed by atoms with Gasteiger partial charge >= 0.3 is 0 Å². The number of carbonyl (C=O) groups is 1. The van der Waals surface area contributed by atoms with Gasteiger partial charge in [0.15, 0.2) is 0 Å². The van der Waals surface area contributed by atoms with Gasteiger partial charge in [0.1, 0.15) is 0 Å². The van der Waals surface area contributed by atoms with Crippen LogP contribution in [-0.4, -0.2) is 10.9 Å². The third-order valence-electron chi connectivity index (χ3n) is 5.22. The van der Waals surface area contributed by atoms with Crippen molar-refractivity contribution in [1.29, 1.82) is 0 Å². The zero-order chi connectivity index (χ0) is 20.5. The number of nitrogens with zero attached hydrogens (tertiary/aromatic N) is 1. The van der Waals surface area contributed by atoms with Crippen molar-refractivity contribution in [3.8, 4) is 11.3 Å². The van der Waals surface area contributed by atoms with E-state index in [4.69, 9.17) is 4.98 Å². The topological polar surface area (TPSA) is 42.0 Å². The van der Waals surface area contributed by atoms with Gasteiger partial charge in [-0.25, -0.2) is 4.98 Å². The van der Waals surface area contributed by atoms with Gasteiger partial charge in [0, 0.05) is 16.6 Å². The molecule has 4 rings (SSSR count). The van der Waals surface area contributed by atoms with E-state index in [2.05, 4.69) is 31.3 Å². The number of nitrogens with one attached hydrogen (secondary N) is 1. The second-order valence-corrected chi connectivity index (χ2v) is 7.63. The molecule has 1 heterocycles. The van der Waals surface area contributed by atoms with Gasteiger partial charge in [0.25, 0.3) is 5.91 Å². The molecule has 4 aromatic rings. The Morgan fingerprint density at radius 3 is 2.31 bits per heavy atom. The number of carbonyl (C=O) groups excluding carboxylic acids is 1. The Morgan fingerprint density at radius 2 is 1.59 bits per heavy atom. The molecule has 3 nitrogen and oxygen atoms in total. The van der Waals surface area contributed by atoms with Crippen LogP contribution in [0.15, 0.2) is 66.7 Å². The molecular formula is C26H24N2O. The molecule has 0 bridgehead atoms. The molecule has 0 aliphatic heterocycles. The van der Waals surface area contributed by atoms with Crippen LogP contribution >= 0.6 is 0 Å². The molecular weight excluding hydrogens is 356 g/mol. The maximum atomic E-state index is 13.4. The first-order chi connectivity index (χ1) is 13.9. The molecule has 0 aliphatic carbocycles. The molecule has 0 aliphatic rings. The van der Waals surface area contributed by atoms with Crippen molar-refractivity contribution in [2.24, 2.45) is 0 Å². The average Bonchev–Trinajstić information content (AvgIpc) is 2.68. The smallest absolute Gasteiger partial charge is 0.256 e. The molecule has 0 atom stereocenters. The summed E-state index contributed by atoms with van der Waals surface area (Å²) in [6.07, 6.45) is 0. The minimum atomic E-state index is -0.109. The van der Waals surface area contributed by atoms with Gasteiger partial charge in [-0.3, -0.25) is 4.79 Å². The van der Waals surface area contributed by atoms with E-state index in [-0.39, 0.29) is 5.91 Å². The zero-order valence-electron chi connectivity index (χ0n) is 17.2. The largest absolute Gasteiger partial charge is 0.322 e. The molecule has 0 spiro atoms. The molecule has 0 saturated heterocycles. The zero-order valence-corrected chi connectivity index (χ0v) is 17.2. The molecule has 3 heteroatoms. The summed E-state index contributed by atoms with van der Waals surface area (Å²) in [6.45, 7) is 8.10. The van der Waals surface area contributed by atoms with Crippen LogP contribution in [0.2, 0.25) is 0 Å². The number of pyridine rings is 1. The Kier molecular flexibility index (Phi) is 4.89. The fourth-order valence-corrected chi connectivity index (χ4v) is 3.90. The van der Waals surface area contributed by atoms with Crippen LogP contribution in [0.3, 0.4) is 0 Å². The highest BCUT2D eigenvalue weighted by Crippen LogP contribution is 2.32. The van der Waals surface area contributed by atoms with Crippen molar-refractivity contribution >= 4 is 22.5 Å². The molecule has 0 unspecified atom stereocenters. The van der Waals surface area contributed by atoms with Crippen LogP contribution < -0.4 is 5.32 Å². The summed E-state index contributed by atoms with van der Waals surface area (Å²) in [6, 6.07) is 22.1. The minimum absolute atomic E-state index is 0.109. The minimum Gasteiger partial charge on any atom is -0.322 e. The van der Waals surface area contributed by atoms with Crippen molar-refractivity contribution in [1.82, 2.24) is 4.98 Å². The van der Waals surface area contributed by atoms with Gasteiger partial charge in [0.05, 0.1) is 16.8 Å². The van der Waals surface area contributed by atoms with E-state index in [0.29, 0.717) is 5.56 Å². The van der Waals surface area contributed by atoms with E-state index in [1.807, 2.05) is 68.4 Å². The maximum Gasteiger partial charge on any atom is 0.256 e. The van der Waals surface area contributed by atoms with Gasteiger partial charge in [-0.05, 0) is 62.6 Å². The molecule has 144 valence electrons. The van der Waals surface area contributed by atoms with E-state index >= 15 is 0 Å². The van der Waals surface area contributed by atoms with Gasteiger partial charge in [-0.2, -0.15) is 0 Å². The fourth-order valence-electron chi connectivity index (χ4n) is 3.90. The second kappa shape index (κ2) is 7.51. The highest BCUT2D eigenvalue weighted by atomic mass is 16.1. The summed E-state index contributed by atoms with van der Waals surface area (Å²) in [4.78, 5) is 18.4. The first kappa shape index (κ1) is 18.9. The van der Waals surface area contributed by atoms with E-state index in [0.717, 1.165) is 50.1 Å². The first-order valence-electron chi connectivity index (χ1n) is 9.79. The van der Waals surface area contributed by atoms with Crippen molar-refractivity contribution in [3.05, 3.63) is 94.5 Å². The maximum absolute atomic E-state index is 13.4. The quantitative estimate of drug-likeness (QED) is 0.447. The van der Waals surface area contributed by atoms with Crippen molar-refractivity contribution < 1.29 is 4.79 Å². The standard InChI is InChI=1S/C26H24N2O/c1-16-9-8-12-21(14-16)27-26(29)23-19(4)25(20-10-6-5-7-11-20)28-24-18(3)13-17(2)15-22(23)24/h5-15H,1-4H3,(H,27,29). The van der Waals surface area contributed by atoms with E-state index < -0.39 is 0 Å². The Hall–Kier alpha value is -3.46. The van der Waals surface area contributed by atoms with Crippen molar-refractivity contribution in [3.63, 3.8) is 0 Å². The highest BCUT2D eigenvalue weighted by Gasteiger charge is 2.20. The second-order valence-electron chi connectivity index (χ2n) is 7.63. The van der Waals surface area contributed by atoms with E-state index in [1.165, 1.54) is 0 Å². The summed E-state index contributed by atoms with van der Waals surface area (Å²) >= 11 is 0. The SMILES string of the molecule is Cc1cccc(NC(=O)c2c(C)c(-c3ccccc3)nc3c(C)cc(C)cc23)c1. The number of fused-ring (bicyclic) bond motifs is 1. The number of rotatable bonds is 3. The number of aryl methyl sites for hydroxylation is 3. The predicted molar refractivity (Wildman–Crippen MR) is 121 cm³/mol. The normalized spacial score (nSPS) is 10.9. The highest BCUT2D eigenvalue weighted by molar-refractivity contribution is 6.15. The van der Waals surface area contributed by atoms with Gasteiger partial charge in [0.2, 0.25) is 0 Å². The molecule has 1 N–H and O–H groups in total. The molecule has 3 aromatic carbocycles. The third kappa shape index (κ3) is 3.64. The van der Waals surface area contributed by atoms with Crippen LogP contribution in [0.25, 0.3) is 22.2 Å². The molecule has 0 saturated carbocycles. The molecule has 1 amide bonds. The number of hydrogen-bond donors (Lipinski definition) is 1. The molecule has 29 heavy (non-hydrogen) atoms. The summed E-state index contributed by atoms with van der Waals surface area (Å²) in [5.74, 6) is -0.109. The summed E-state index contributed by atoms with van der Waals surface area (Å²) < 4.78 is 0. The Bertz CT molecular complexity index is 1230. The van der Waals surface area contributed by atoms with Crippen LogP contribution in [0.1, 0.15) is 32.6 Å². The lowest BCUT2D eigenvalue weighted by molar-refractivity contribution is 0.102. The van der Waals surface area contributed by atoms with Crippen LogP contribution in [0.4, 0.5) is 5.69 Å². The van der Waals surface area contributed by atoms with E-state index in [1.54, 1.807) is 0 Å². The van der Waals surface area contributed by atoms with Gasteiger partial charge in [-0.15, -0.1) is 0 Å². The Balaban J connectivity index is 1.95. The van der Waals surface area contributed by atoms with Crippen molar-refractivity contribution in [2.75, 3.05) is 5.32 Å². The Morgan fingerprint density at radius 1 is 0.828 bits per heavy atom.